The zero-order valence-electron chi connectivity index (χ0n) is 16.8. The molecule has 0 aliphatic heterocycles. The highest BCUT2D eigenvalue weighted by Gasteiger charge is 2.51. The summed E-state index contributed by atoms with van der Waals surface area (Å²) in [5.74, 6) is 3.52. The first kappa shape index (κ1) is 17.8. The lowest BCUT2D eigenvalue weighted by Crippen LogP contribution is -2.60. The summed E-state index contributed by atoms with van der Waals surface area (Å²) in [5.41, 5.74) is 2.24. The third-order valence-corrected chi connectivity index (χ3v) is 7.02. The number of nitrogens with zero attached hydrogens (tertiary/aromatic N) is 4. The molecule has 2 aromatic rings. The Labute approximate surface area is 166 Å². The third-order valence-electron chi connectivity index (χ3n) is 7.02. The molecule has 1 aromatic heterocycles. The molecule has 4 saturated carbocycles. The Morgan fingerprint density at radius 2 is 1.71 bits per heavy atom. The average Bonchev–Trinajstić information content (AvgIpc) is 3.08. The highest BCUT2D eigenvalue weighted by atomic mass is 16.2. The molecule has 4 aliphatic carbocycles. The molecule has 1 N–H and O–H groups in total. The standard InChI is InChI=1S/C22H29N5O/c1-14(2)18-3-5-19(6-4-18)21-24-26-27(25-21)13-20(28)23-22-10-15-7-16(11-22)9-17(8-15)12-22/h3-6,14-17H,7-13H2,1-2H3,(H,23,28). The molecule has 6 heteroatoms. The summed E-state index contributed by atoms with van der Waals surface area (Å²) in [5, 5.41) is 16.0. The van der Waals surface area contributed by atoms with Crippen molar-refractivity contribution >= 4 is 5.91 Å². The van der Waals surface area contributed by atoms with E-state index in [1.165, 1.54) is 29.6 Å². The molecule has 4 fully saturated rings. The Balaban J connectivity index is 1.24. The Morgan fingerprint density at radius 1 is 1.11 bits per heavy atom. The predicted octanol–water partition coefficient (Wildman–Crippen LogP) is 3.55. The van der Waals surface area contributed by atoms with Gasteiger partial charge in [0.15, 0.2) is 0 Å². The molecule has 0 saturated heterocycles. The number of benzene rings is 1. The first-order chi connectivity index (χ1) is 13.5. The summed E-state index contributed by atoms with van der Waals surface area (Å²) >= 11 is 0. The van der Waals surface area contributed by atoms with Crippen molar-refractivity contribution in [3.8, 4) is 11.4 Å². The first-order valence-corrected chi connectivity index (χ1v) is 10.7. The van der Waals surface area contributed by atoms with Crippen molar-refractivity contribution < 1.29 is 4.79 Å². The van der Waals surface area contributed by atoms with E-state index >= 15 is 0 Å². The van der Waals surface area contributed by atoms with E-state index in [0.717, 1.165) is 42.6 Å². The fourth-order valence-electron chi connectivity index (χ4n) is 6.17. The van der Waals surface area contributed by atoms with Gasteiger partial charge in [-0.1, -0.05) is 38.1 Å². The highest BCUT2D eigenvalue weighted by molar-refractivity contribution is 5.76. The van der Waals surface area contributed by atoms with Crippen molar-refractivity contribution in [1.29, 1.82) is 0 Å². The molecule has 148 valence electrons. The van der Waals surface area contributed by atoms with Crippen molar-refractivity contribution in [1.82, 2.24) is 25.5 Å². The van der Waals surface area contributed by atoms with Crippen LogP contribution in [0, 0.1) is 17.8 Å². The zero-order chi connectivity index (χ0) is 19.3. The summed E-state index contributed by atoms with van der Waals surface area (Å²) in [6, 6.07) is 8.24. The maximum absolute atomic E-state index is 12.7. The Bertz CT molecular complexity index is 834. The molecule has 0 radical (unpaired) electrons. The molecule has 0 unspecified atom stereocenters. The largest absolute Gasteiger partial charge is 0.349 e. The molecule has 6 nitrogen and oxygen atoms in total. The number of amides is 1. The van der Waals surface area contributed by atoms with Crippen LogP contribution < -0.4 is 5.32 Å². The van der Waals surface area contributed by atoms with Gasteiger partial charge in [-0.3, -0.25) is 4.79 Å². The number of carbonyl (C=O) groups is 1. The lowest BCUT2D eigenvalue weighted by atomic mass is 9.53. The van der Waals surface area contributed by atoms with Crippen LogP contribution in [-0.4, -0.2) is 31.7 Å². The van der Waals surface area contributed by atoms with Gasteiger partial charge in [0.25, 0.3) is 0 Å². The number of hydrogen-bond donors (Lipinski definition) is 1. The number of nitrogens with one attached hydrogen (secondary N) is 1. The Morgan fingerprint density at radius 3 is 2.29 bits per heavy atom. The number of rotatable bonds is 5. The minimum absolute atomic E-state index is 0.0149. The highest BCUT2D eigenvalue weighted by Crippen LogP contribution is 2.55. The van der Waals surface area contributed by atoms with Gasteiger partial charge in [-0.2, -0.15) is 4.80 Å². The second kappa shape index (κ2) is 6.68. The summed E-state index contributed by atoms with van der Waals surface area (Å²) in [6.07, 6.45) is 7.59. The van der Waals surface area contributed by atoms with Crippen molar-refractivity contribution in [3.05, 3.63) is 29.8 Å². The van der Waals surface area contributed by atoms with Gasteiger partial charge < -0.3 is 5.32 Å². The van der Waals surface area contributed by atoms with Gasteiger partial charge in [0, 0.05) is 11.1 Å². The van der Waals surface area contributed by atoms with E-state index in [4.69, 9.17) is 0 Å². The molecule has 6 rings (SSSR count). The minimum Gasteiger partial charge on any atom is -0.349 e. The molecule has 4 aliphatic rings. The topological polar surface area (TPSA) is 72.7 Å². The van der Waals surface area contributed by atoms with Gasteiger partial charge in [0.2, 0.25) is 11.7 Å². The Kier molecular flexibility index (Phi) is 4.25. The molecule has 1 amide bonds. The van der Waals surface area contributed by atoms with Crippen molar-refractivity contribution in [2.75, 3.05) is 0 Å². The van der Waals surface area contributed by atoms with Crippen LogP contribution in [0.5, 0.6) is 0 Å². The second-order valence-electron chi connectivity index (χ2n) is 9.67. The van der Waals surface area contributed by atoms with Crippen LogP contribution in [0.2, 0.25) is 0 Å². The fraction of sp³-hybridized carbons (Fsp3) is 0.636. The van der Waals surface area contributed by atoms with Gasteiger partial charge in [0.1, 0.15) is 6.54 Å². The fourth-order valence-corrected chi connectivity index (χ4v) is 6.17. The van der Waals surface area contributed by atoms with Crippen LogP contribution in [0.15, 0.2) is 24.3 Å². The number of carbonyl (C=O) groups excluding carboxylic acids is 1. The number of aromatic nitrogens is 4. The molecule has 0 atom stereocenters. The number of hydrogen-bond acceptors (Lipinski definition) is 4. The molecular weight excluding hydrogens is 350 g/mol. The van der Waals surface area contributed by atoms with Gasteiger partial charge in [-0.15, -0.1) is 10.2 Å². The quantitative estimate of drug-likeness (QED) is 0.862. The lowest BCUT2D eigenvalue weighted by Gasteiger charge is -2.56. The van der Waals surface area contributed by atoms with Gasteiger partial charge in [-0.25, -0.2) is 0 Å². The van der Waals surface area contributed by atoms with Gasteiger partial charge in [-0.05, 0) is 73.0 Å². The van der Waals surface area contributed by atoms with Crippen LogP contribution in [-0.2, 0) is 11.3 Å². The zero-order valence-corrected chi connectivity index (χ0v) is 16.8. The summed E-state index contributed by atoms with van der Waals surface area (Å²) in [7, 11) is 0. The van der Waals surface area contributed by atoms with Gasteiger partial charge in [0.05, 0.1) is 0 Å². The van der Waals surface area contributed by atoms with E-state index in [1.54, 1.807) is 0 Å². The van der Waals surface area contributed by atoms with Crippen molar-refractivity contribution in [2.45, 2.75) is 70.4 Å². The third kappa shape index (κ3) is 3.33. The summed E-state index contributed by atoms with van der Waals surface area (Å²) in [6.45, 7) is 4.48. The van der Waals surface area contributed by atoms with E-state index in [1.807, 2.05) is 12.1 Å². The average molecular weight is 380 g/mol. The summed E-state index contributed by atoms with van der Waals surface area (Å²) < 4.78 is 0. The van der Waals surface area contributed by atoms with E-state index < -0.39 is 0 Å². The molecule has 1 aromatic carbocycles. The Hall–Kier alpha value is -2.24. The van der Waals surface area contributed by atoms with Crippen LogP contribution in [0.1, 0.15) is 63.9 Å². The molecule has 4 bridgehead atoms. The smallest absolute Gasteiger partial charge is 0.244 e. The molecule has 1 heterocycles. The van der Waals surface area contributed by atoms with E-state index in [0.29, 0.717) is 11.7 Å². The van der Waals surface area contributed by atoms with Gasteiger partial charge >= 0.3 is 0 Å². The number of tetrazole rings is 1. The van der Waals surface area contributed by atoms with Crippen molar-refractivity contribution in [3.63, 3.8) is 0 Å². The lowest BCUT2D eigenvalue weighted by molar-refractivity contribution is -0.127. The maximum Gasteiger partial charge on any atom is 0.244 e. The minimum atomic E-state index is 0.0149. The SMILES string of the molecule is CC(C)c1ccc(-c2nnn(CC(=O)NC34CC5CC(CC(C5)C3)C4)n2)cc1. The summed E-state index contributed by atoms with van der Waals surface area (Å²) in [4.78, 5) is 14.1. The molecular formula is C22H29N5O. The van der Waals surface area contributed by atoms with Crippen LogP contribution in [0.25, 0.3) is 11.4 Å². The van der Waals surface area contributed by atoms with Crippen LogP contribution in [0.4, 0.5) is 0 Å². The van der Waals surface area contributed by atoms with Crippen LogP contribution >= 0.6 is 0 Å². The van der Waals surface area contributed by atoms with Crippen LogP contribution in [0.3, 0.4) is 0 Å². The maximum atomic E-state index is 12.7. The monoisotopic (exact) mass is 379 g/mol. The van der Waals surface area contributed by atoms with E-state index in [9.17, 15) is 4.79 Å². The van der Waals surface area contributed by atoms with E-state index in [2.05, 4.69) is 46.7 Å². The predicted molar refractivity (Wildman–Crippen MR) is 106 cm³/mol. The molecule has 28 heavy (non-hydrogen) atoms. The normalized spacial score (nSPS) is 30.8. The molecule has 0 spiro atoms. The van der Waals surface area contributed by atoms with E-state index in [-0.39, 0.29) is 18.0 Å². The van der Waals surface area contributed by atoms with Crippen molar-refractivity contribution in [2.24, 2.45) is 17.8 Å². The first-order valence-electron chi connectivity index (χ1n) is 10.7. The second-order valence-corrected chi connectivity index (χ2v) is 9.67.